The first-order valence-corrected chi connectivity index (χ1v) is 6.15. The predicted molar refractivity (Wildman–Crippen MR) is 74.9 cm³/mol. The number of nitrogens with zero attached hydrogens (tertiary/aromatic N) is 2. The molecule has 0 radical (unpaired) electrons. The average molecular weight is 259 g/mol. The molecule has 100 valence electrons. The van der Waals surface area contributed by atoms with E-state index in [0.717, 1.165) is 11.4 Å². The third-order valence-electron chi connectivity index (χ3n) is 2.99. The highest BCUT2D eigenvalue weighted by Crippen LogP contribution is 2.19. The largest absolute Gasteiger partial charge is 0.378 e. The fourth-order valence-electron chi connectivity index (χ4n) is 1.90. The molecule has 0 aromatic heterocycles. The predicted octanol–water partition coefficient (Wildman–Crippen LogP) is 1.44. The average Bonchev–Trinajstić information content (AvgIpc) is 2.64. The van der Waals surface area contributed by atoms with E-state index in [1.807, 2.05) is 43.3 Å². The van der Waals surface area contributed by atoms with Crippen LogP contribution in [0.3, 0.4) is 0 Å². The first-order chi connectivity index (χ1) is 9.02. The van der Waals surface area contributed by atoms with Gasteiger partial charge in [-0.15, -0.1) is 0 Å². The lowest BCUT2D eigenvalue weighted by Gasteiger charge is -2.14. The highest BCUT2D eigenvalue weighted by Gasteiger charge is 2.29. The number of imide groups is 1. The summed E-state index contributed by atoms with van der Waals surface area (Å²) in [6.07, 6.45) is 1.34. The summed E-state index contributed by atoms with van der Waals surface area (Å²) in [5.41, 5.74) is 2.18. The molecule has 19 heavy (non-hydrogen) atoms. The maximum atomic E-state index is 11.9. The molecule has 1 aromatic carbocycles. The summed E-state index contributed by atoms with van der Waals surface area (Å²) in [4.78, 5) is 26.6. The normalized spacial score (nSPS) is 14.7. The van der Waals surface area contributed by atoms with E-state index in [2.05, 4.69) is 5.32 Å². The van der Waals surface area contributed by atoms with Crippen LogP contribution in [0.25, 0.3) is 0 Å². The van der Waals surface area contributed by atoms with E-state index < -0.39 is 0 Å². The lowest BCUT2D eigenvalue weighted by atomic mass is 10.2. The fourth-order valence-corrected chi connectivity index (χ4v) is 1.90. The van der Waals surface area contributed by atoms with Gasteiger partial charge in [0.25, 0.3) is 11.8 Å². The molecule has 0 fully saturated rings. The molecule has 1 aliphatic rings. The van der Waals surface area contributed by atoms with E-state index in [4.69, 9.17) is 0 Å². The van der Waals surface area contributed by atoms with Crippen LogP contribution >= 0.6 is 0 Å². The lowest BCUT2D eigenvalue weighted by Crippen LogP contribution is -2.31. The van der Waals surface area contributed by atoms with Crippen molar-refractivity contribution in [1.82, 2.24) is 4.90 Å². The molecule has 0 aliphatic carbocycles. The van der Waals surface area contributed by atoms with Crippen LogP contribution < -0.4 is 10.2 Å². The minimum absolute atomic E-state index is 0.264. The third-order valence-corrected chi connectivity index (χ3v) is 2.99. The topological polar surface area (TPSA) is 52.7 Å². The van der Waals surface area contributed by atoms with E-state index >= 15 is 0 Å². The van der Waals surface area contributed by atoms with Gasteiger partial charge in [0.2, 0.25) is 0 Å². The van der Waals surface area contributed by atoms with Gasteiger partial charge in [-0.2, -0.15) is 0 Å². The Morgan fingerprint density at radius 2 is 1.79 bits per heavy atom. The van der Waals surface area contributed by atoms with Gasteiger partial charge in [0.1, 0.15) is 5.70 Å². The Labute approximate surface area is 112 Å². The molecular weight excluding hydrogens is 242 g/mol. The number of hydrogen-bond acceptors (Lipinski definition) is 4. The quantitative estimate of drug-likeness (QED) is 0.831. The van der Waals surface area contributed by atoms with Gasteiger partial charge in [0, 0.05) is 38.1 Å². The molecule has 0 atom stereocenters. The Hall–Kier alpha value is -2.30. The fraction of sp³-hybridized carbons (Fsp3) is 0.286. The highest BCUT2D eigenvalue weighted by molar-refractivity contribution is 6.17. The Morgan fingerprint density at radius 1 is 1.16 bits per heavy atom. The van der Waals surface area contributed by atoms with E-state index in [9.17, 15) is 9.59 Å². The van der Waals surface area contributed by atoms with Gasteiger partial charge in [0.05, 0.1) is 0 Å². The van der Waals surface area contributed by atoms with Gasteiger partial charge < -0.3 is 10.2 Å². The number of carbonyl (C=O) groups excluding carboxylic acids is 2. The third kappa shape index (κ3) is 2.59. The molecule has 1 N–H and O–H groups in total. The number of nitrogens with one attached hydrogen (secondary N) is 1. The summed E-state index contributed by atoms with van der Waals surface area (Å²) in [7, 11) is 3.92. The summed E-state index contributed by atoms with van der Waals surface area (Å²) in [5.74, 6) is -0.538. The zero-order valence-corrected chi connectivity index (χ0v) is 11.3. The monoisotopic (exact) mass is 259 g/mol. The van der Waals surface area contributed by atoms with Crippen LogP contribution in [0.4, 0.5) is 11.4 Å². The van der Waals surface area contributed by atoms with Gasteiger partial charge >= 0.3 is 0 Å². The van der Waals surface area contributed by atoms with Crippen LogP contribution in [0, 0.1) is 0 Å². The molecule has 1 aliphatic heterocycles. The van der Waals surface area contributed by atoms with Crippen molar-refractivity contribution in [3.8, 4) is 0 Å². The van der Waals surface area contributed by atoms with Crippen molar-refractivity contribution in [2.45, 2.75) is 6.92 Å². The second-order valence-electron chi connectivity index (χ2n) is 4.51. The number of carbonyl (C=O) groups is 2. The summed E-state index contributed by atoms with van der Waals surface area (Å²) in [6.45, 7) is 2.16. The van der Waals surface area contributed by atoms with Crippen molar-refractivity contribution in [2.75, 3.05) is 30.9 Å². The molecular formula is C14H17N3O2. The number of rotatable bonds is 4. The summed E-state index contributed by atoms with van der Waals surface area (Å²) < 4.78 is 0. The summed E-state index contributed by atoms with van der Waals surface area (Å²) in [5, 5.41) is 2.98. The number of anilines is 2. The van der Waals surface area contributed by atoms with Crippen LogP contribution in [-0.4, -0.2) is 37.4 Å². The number of amides is 2. The minimum Gasteiger partial charge on any atom is -0.378 e. The number of hydrogen-bond donors (Lipinski definition) is 1. The maximum Gasteiger partial charge on any atom is 0.277 e. The zero-order chi connectivity index (χ0) is 14.0. The Kier molecular flexibility index (Phi) is 3.55. The lowest BCUT2D eigenvalue weighted by molar-refractivity contribution is -0.136. The van der Waals surface area contributed by atoms with Crippen molar-refractivity contribution in [3.63, 3.8) is 0 Å². The van der Waals surface area contributed by atoms with E-state index in [1.165, 1.54) is 11.0 Å². The first-order valence-electron chi connectivity index (χ1n) is 6.15. The molecule has 5 heteroatoms. The van der Waals surface area contributed by atoms with Crippen LogP contribution in [0.15, 0.2) is 36.0 Å². The Bertz CT molecular complexity index is 532. The Morgan fingerprint density at radius 3 is 2.26 bits per heavy atom. The number of likely N-dealkylation sites (N-methyl/N-ethyl adjacent to an activating group) is 1. The molecule has 2 amide bonds. The van der Waals surface area contributed by atoms with Crippen LogP contribution in [0.1, 0.15) is 6.92 Å². The standard InChI is InChI=1S/C14H17N3O2/c1-4-17-13(18)9-12(14(17)19)15-10-5-7-11(8-6-10)16(2)3/h5-9,15H,4H2,1-3H3. The van der Waals surface area contributed by atoms with Gasteiger partial charge in [-0.05, 0) is 31.2 Å². The van der Waals surface area contributed by atoms with Crippen molar-refractivity contribution in [1.29, 1.82) is 0 Å². The molecule has 1 aromatic rings. The van der Waals surface area contributed by atoms with Crippen LogP contribution in [0.2, 0.25) is 0 Å². The molecule has 1 heterocycles. The molecule has 0 saturated heterocycles. The SMILES string of the molecule is CCN1C(=O)C=C(Nc2ccc(N(C)C)cc2)C1=O. The van der Waals surface area contributed by atoms with E-state index in [1.54, 1.807) is 6.92 Å². The molecule has 0 bridgehead atoms. The van der Waals surface area contributed by atoms with Crippen LogP contribution in [-0.2, 0) is 9.59 Å². The maximum absolute atomic E-state index is 11.9. The molecule has 5 nitrogen and oxygen atoms in total. The van der Waals surface area contributed by atoms with Crippen molar-refractivity contribution >= 4 is 23.2 Å². The summed E-state index contributed by atoms with van der Waals surface area (Å²) >= 11 is 0. The second-order valence-corrected chi connectivity index (χ2v) is 4.51. The minimum atomic E-state index is -0.274. The van der Waals surface area contributed by atoms with E-state index in [-0.39, 0.29) is 11.8 Å². The number of benzene rings is 1. The first kappa shape index (κ1) is 13.1. The molecule has 0 saturated carbocycles. The molecule has 0 spiro atoms. The Balaban J connectivity index is 2.12. The summed E-state index contributed by atoms with van der Waals surface area (Å²) in [6, 6.07) is 7.65. The van der Waals surface area contributed by atoms with E-state index in [0.29, 0.717) is 12.2 Å². The van der Waals surface area contributed by atoms with Crippen molar-refractivity contribution in [3.05, 3.63) is 36.0 Å². The molecule has 2 rings (SSSR count). The van der Waals surface area contributed by atoms with Crippen LogP contribution in [0.5, 0.6) is 0 Å². The molecule has 0 unspecified atom stereocenters. The van der Waals surface area contributed by atoms with Gasteiger partial charge in [-0.1, -0.05) is 0 Å². The smallest absolute Gasteiger partial charge is 0.277 e. The van der Waals surface area contributed by atoms with Crippen molar-refractivity contribution < 1.29 is 9.59 Å². The second kappa shape index (κ2) is 5.14. The van der Waals surface area contributed by atoms with Gasteiger partial charge in [-0.25, -0.2) is 0 Å². The zero-order valence-electron chi connectivity index (χ0n) is 11.3. The van der Waals surface area contributed by atoms with Gasteiger partial charge in [0.15, 0.2) is 0 Å². The van der Waals surface area contributed by atoms with Gasteiger partial charge in [-0.3, -0.25) is 14.5 Å². The van der Waals surface area contributed by atoms with Crippen molar-refractivity contribution in [2.24, 2.45) is 0 Å². The highest BCUT2D eigenvalue weighted by atomic mass is 16.2.